The van der Waals surface area contributed by atoms with Crippen molar-refractivity contribution >= 4 is 25.3 Å². The molecular formula is C2H11BO2Si. The maximum absolute atomic E-state index is 9.00. The molecule has 0 aliphatic heterocycles. The fourth-order valence-electron chi connectivity index (χ4n) is 0. The molecule has 0 rings (SSSR count). The van der Waals surface area contributed by atoms with Gasteiger partial charge in [-0.2, -0.15) is 0 Å². The van der Waals surface area contributed by atoms with Crippen molar-refractivity contribution < 1.29 is 9.90 Å². The number of aliphatic carboxylic acids is 1. The van der Waals surface area contributed by atoms with Crippen LogP contribution in [0, 0.1) is 0 Å². The highest BCUT2D eigenvalue weighted by atomic mass is 28.1. The van der Waals surface area contributed by atoms with Gasteiger partial charge in [0.15, 0.2) is 0 Å². The van der Waals surface area contributed by atoms with Crippen molar-refractivity contribution in [2.75, 3.05) is 0 Å². The summed E-state index contributed by atoms with van der Waals surface area (Å²) in [6.45, 7) is 1.08. The van der Waals surface area contributed by atoms with Crippen LogP contribution in [-0.2, 0) is 4.79 Å². The second kappa shape index (κ2) is 8.83. The Morgan fingerprint density at radius 1 is 1.67 bits per heavy atom. The molecule has 0 aliphatic rings. The average Bonchev–Trinajstić information content (AvgIpc) is 0.811. The quantitative estimate of drug-likeness (QED) is 0.345. The number of carbonyl (C=O) groups is 1. The van der Waals surface area contributed by atoms with Gasteiger partial charge in [0.1, 0.15) is 0 Å². The minimum absolute atomic E-state index is 0. The SMILES string of the molecule is B.CC(=O)O.[SiH4]. The minimum Gasteiger partial charge on any atom is -0.481 e. The summed E-state index contributed by atoms with van der Waals surface area (Å²) in [7, 11) is 0. The molecule has 0 heterocycles. The van der Waals surface area contributed by atoms with Crippen LogP contribution in [0.2, 0.25) is 0 Å². The predicted molar refractivity (Wildman–Crippen MR) is 34.6 cm³/mol. The smallest absolute Gasteiger partial charge is 0.300 e. The first-order valence-electron chi connectivity index (χ1n) is 0.928. The molecule has 0 atom stereocenters. The van der Waals surface area contributed by atoms with Crippen molar-refractivity contribution in [3.8, 4) is 0 Å². The molecule has 0 radical (unpaired) electrons. The Bertz CT molecular complexity index is 34.5. The lowest BCUT2D eigenvalue weighted by molar-refractivity contribution is -0.134. The zero-order valence-corrected chi connectivity index (χ0v) is 2.36. The highest BCUT2D eigenvalue weighted by molar-refractivity contribution is 5.76. The van der Waals surface area contributed by atoms with E-state index in [0.717, 1.165) is 6.92 Å². The van der Waals surface area contributed by atoms with Gasteiger partial charge in [0.2, 0.25) is 0 Å². The van der Waals surface area contributed by atoms with Crippen LogP contribution in [0.5, 0.6) is 0 Å². The molecule has 0 aliphatic carbocycles. The molecule has 0 aromatic carbocycles. The lowest BCUT2D eigenvalue weighted by Crippen LogP contribution is -1.78. The van der Waals surface area contributed by atoms with E-state index in [0.29, 0.717) is 0 Å². The van der Waals surface area contributed by atoms with Gasteiger partial charge < -0.3 is 5.11 Å². The van der Waals surface area contributed by atoms with Gasteiger partial charge in [-0.25, -0.2) is 0 Å². The van der Waals surface area contributed by atoms with E-state index in [-0.39, 0.29) is 19.4 Å². The lowest BCUT2D eigenvalue weighted by atomic mass is 10.8. The molecule has 38 valence electrons. The summed E-state index contributed by atoms with van der Waals surface area (Å²) in [5.74, 6) is -0.833. The molecule has 0 aromatic rings. The van der Waals surface area contributed by atoms with Gasteiger partial charge in [-0.1, -0.05) is 0 Å². The van der Waals surface area contributed by atoms with E-state index < -0.39 is 5.97 Å². The van der Waals surface area contributed by atoms with Crippen LogP contribution in [0.4, 0.5) is 0 Å². The second-order valence-corrected chi connectivity index (χ2v) is 0.519. The Morgan fingerprint density at radius 3 is 1.67 bits per heavy atom. The van der Waals surface area contributed by atoms with E-state index in [1.54, 1.807) is 0 Å². The zero-order chi connectivity index (χ0) is 3.58. The standard InChI is InChI=1S/C2H4O2.BH3.H4Si/c1-2(3)4;;/h1H3,(H,3,4);1H3;1H4. The number of carboxylic acid groups (broad SMARTS) is 1. The van der Waals surface area contributed by atoms with Gasteiger partial charge >= 0.3 is 0 Å². The minimum atomic E-state index is -0.833. The van der Waals surface area contributed by atoms with Gasteiger partial charge in [0.05, 0.1) is 8.41 Å². The topological polar surface area (TPSA) is 37.3 Å². The molecule has 1 N–H and O–H groups in total. The first kappa shape index (κ1) is 17.2. The average molecular weight is 106 g/mol. The van der Waals surface area contributed by atoms with Crippen molar-refractivity contribution in [2.45, 2.75) is 6.92 Å². The van der Waals surface area contributed by atoms with E-state index in [1.807, 2.05) is 0 Å². The normalized spacial score (nSPS) is 4.17. The van der Waals surface area contributed by atoms with E-state index in [1.165, 1.54) is 0 Å². The van der Waals surface area contributed by atoms with Gasteiger partial charge in [-0.05, 0) is 11.0 Å². The third-order valence-corrected chi connectivity index (χ3v) is 0. The summed E-state index contributed by atoms with van der Waals surface area (Å²) in [5, 5.41) is 7.42. The number of hydrogen-bond acceptors (Lipinski definition) is 1. The van der Waals surface area contributed by atoms with Crippen molar-refractivity contribution in [1.82, 2.24) is 0 Å². The molecule has 0 unspecified atom stereocenters. The van der Waals surface area contributed by atoms with Gasteiger partial charge in [-0.3, -0.25) is 4.79 Å². The summed E-state index contributed by atoms with van der Waals surface area (Å²) >= 11 is 0. The molecule has 6 heavy (non-hydrogen) atoms. The molecule has 2 nitrogen and oxygen atoms in total. The predicted octanol–water partition coefficient (Wildman–Crippen LogP) is -2.54. The first-order valence-corrected chi connectivity index (χ1v) is 0.928. The molecule has 0 bridgehead atoms. The molecule has 0 saturated heterocycles. The van der Waals surface area contributed by atoms with Crippen LogP contribution in [0.15, 0.2) is 0 Å². The number of hydrogen-bond donors (Lipinski definition) is 1. The molecular weight excluding hydrogens is 94.9 g/mol. The maximum atomic E-state index is 9.00. The summed E-state index contributed by atoms with van der Waals surface area (Å²) in [4.78, 5) is 9.00. The number of rotatable bonds is 0. The molecule has 0 saturated carbocycles. The highest BCUT2D eigenvalue weighted by Crippen LogP contribution is 1.42. The van der Waals surface area contributed by atoms with Gasteiger partial charge in [0, 0.05) is 6.92 Å². The lowest BCUT2D eigenvalue weighted by Gasteiger charge is -1.59. The largest absolute Gasteiger partial charge is 0.481 e. The van der Waals surface area contributed by atoms with Crippen LogP contribution in [0.25, 0.3) is 0 Å². The molecule has 4 heteroatoms. The molecule has 0 spiro atoms. The van der Waals surface area contributed by atoms with Crippen LogP contribution in [0.3, 0.4) is 0 Å². The van der Waals surface area contributed by atoms with Crippen LogP contribution in [0.1, 0.15) is 6.92 Å². The fraction of sp³-hybridized carbons (Fsp3) is 0.500. The number of carboxylic acids is 1. The third-order valence-electron chi connectivity index (χ3n) is 0. The molecule has 0 aromatic heterocycles. The van der Waals surface area contributed by atoms with Gasteiger partial charge in [0.25, 0.3) is 5.97 Å². The van der Waals surface area contributed by atoms with Crippen LogP contribution in [-0.4, -0.2) is 30.5 Å². The van der Waals surface area contributed by atoms with E-state index in [2.05, 4.69) is 0 Å². The van der Waals surface area contributed by atoms with E-state index in [4.69, 9.17) is 9.90 Å². The Kier molecular flexibility index (Phi) is 25.2. The Labute approximate surface area is 43.2 Å². The molecule has 0 amide bonds. The Hall–Kier alpha value is -0.248. The highest BCUT2D eigenvalue weighted by Gasteiger charge is 1.65. The Balaban J connectivity index is -0.0000000450. The van der Waals surface area contributed by atoms with Crippen molar-refractivity contribution in [3.05, 3.63) is 0 Å². The van der Waals surface area contributed by atoms with Crippen molar-refractivity contribution in [1.29, 1.82) is 0 Å². The molecule has 0 fully saturated rings. The zero-order valence-electron chi connectivity index (χ0n) is 2.36. The summed E-state index contributed by atoms with van der Waals surface area (Å²) in [6.07, 6.45) is 0. The maximum Gasteiger partial charge on any atom is 0.300 e. The van der Waals surface area contributed by atoms with E-state index >= 15 is 0 Å². The van der Waals surface area contributed by atoms with E-state index in [9.17, 15) is 0 Å². The summed E-state index contributed by atoms with van der Waals surface area (Å²) in [5.41, 5.74) is 0. The summed E-state index contributed by atoms with van der Waals surface area (Å²) < 4.78 is 0. The van der Waals surface area contributed by atoms with Crippen molar-refractivity contribution in [3.63, 3.8) is 0 Å². The summed E-state index contributed by atoms with van der Waals surface area (Å²) in [6, 6.07) is 0. The fourth-order valence-corrected chi connectivity index (χ4v) is 0. The first-order chi connectivity index (χ1) is 1.73. The van der Waals surface area contributed by atoms with Crippen LogP contribution < -0.4 is 0 Å². The third kappa shape index (κ3) is 461. The van der Waals surface area contributed by atoms with Crippen molar-refractivity contribution in [2.24, 2.45) is 0 Å². The van der Waals surface area contributed by atoms with Gasteiger partial charge in [-0.15, -0.1) is 0 Å². The van der Waals surface area contributed by atoms with Crippen LogP contribution >= 0.6 is 0 Å². The Morgan fingerprint density at radius 2 is 1.67 bits per heavy atom. The second-order valence-electron chi connectivity index (χ2n) is 0.519. The monoisotopic (exact) mass is 106 g/mol.